The van der Waals surface area contributed by atoms with Gasteiger partial charge in [-0.3, -0.25) is 9.69 Å². The van der Waals surface area contributed by atoms with Crippen molar-refractivity contribution in [1.29, 1.82) is 0 Å². The van der Waals surface area contributed by atoms with Crippen LogP contribution in [0.4, 0.5) is 4.79 Å². The third-order valence-corrected chi connectivity index (χ3v) is 3.94. The van der Waals surface area contributed by atoms with Gasteiger partial charge in [0.1, 0.15) is 17.1 Å². The molecule has 3 amide bonds. The van der Waals surface area contributed by atoms with E-state index in [9.17, 15) is 9.59 Å². The normalized spacial score (nSPS) is 22.1. The van der Waals surface area contributed by atoms with Crippen LogP contribution in [0.3, 0.4) is 0 Å². The summed E-state index contributed by atoms with van der Waals surface area (Å²) in [6.07, 6.45) is 1.68. The number of rotatable bonds is 2. The van der Waals surface area contributed by atoms with Crippen LogP contribution in [0.25, 0.3) is 11.0 Å². The van der Waals surface area contributed by atoms with Crippen molar-refractivity contribution in [2.24, 2.45) is 0 Å². The Hall–Kier alpha value is -2.44. The van der Waals surface area contributed by atoms with Crippen molar-refractivity contribution >= 4 is 23.0 Å². The molecular formula is C13H12N4O3. The van der Waals surface area contributed by atoms with Crippen LogP contribution in [0.2, 0.25) is 0 Å². The van der Waals surface area contributed by atoms with E-state index in [2.05, 4.69) is 14.9 Å². The molecule has 7 nitrogen and oxygen atoms in total. The van der Waals surface area contributed by atoms with Crippen LogP contribution in [-0.2, 0) is 11.3 Å². The van der Waals surface area contributed by atoms with E-state index in [0.29, 0.717) is 17.6 Å². The van der Waals surface area contributed by atoms with Gasteiger partial charge in [0.25, 0.3) is 5.91 Å². The minimum absolute atomic E-state index is 0.0918. The summed E-state index contributed by atoms with van der Waals surface area (Å²) in [4.78, 5) is 27.4. The summed E-state index contributed by atoms with van der Waals surface area (Å²) in [6.45, 7) is 0.950. The van der Waals surface area contributed by atoms with Crippen LogP contribution in [0.1, 0.15) is 18.4 Å². The standard InChI is InChI=1S/C13H12N4O3/c18-12-11-2-1-5-16(11)13(19)17(12)7-8-3-4-9-10(6-8)15-20-14-9/h3-4,6,11H,1-2,5,7H2/t11-/m0/s1. The average molecular weight is 272 g/mol. The zero-order chi connectivity index (χ0) is 13.7. The predicted octanol–water partition coefficient (Wildman–Crippen LogP) is 1.15. The minimum Gasteiger partial charge on any atom is -0.312 e. The Labute approximate surface area is 114 Å². The highest BCUT2D eigenvalue weighted by atomic mass is 16.6. The maximum atomic E-state index is 12.2. The Bertz CT molecular complexity index is 688. The number of amides is 3. The smallest absolute Gasteiger partial charge is 0.312 e. The van der Waals surface area contributed by atoms with Crippen molar-refractivity contribution < 1.29 is 14.2 Å². The molecule has 2 fully saturated rings. The molecule has 0 N–H and O–H groups in total. The fourth-order valence-corrected chi connectivity index (χ4v) is 2.94. The van der Waals surface area contributed by atoms with Gasteiger partial charge in [0, 0.05) is 6.54 Å². The van der Waals surface area contributed by atoms with Gasteiger partial charge in [0.15, 0.2) is 0 Å². The molecule has 4 rings (SSSR count). The Kier molecular flexibility index (Phi) is 2.29. The summed E-state index contributed by atoms with van der Waals surface area (Å²) in [5.41, 5.74) is 2.13. The van der Waals surface area contributed by atoms with Gasteiger partial charge in [-0.2, -0.15) is 0 Å². The summed E-state index contributed by atoms with van der Waals surface area (Å²) in [7, 11) is 0. The monoisotopic (exact) mass is 272 g/mol. The summed E-state index contributed by atoms with van der Waals surface area (Å²) in [5, 5.41) is 7.49. The molecule has 2 aromatic rings. The van der Waals surface area contributed by atoms with Crippen LogP contribution in [0.5, 0.6) is 0 Å². The second-order valence-corrected chi connectivity index (χ2v) is 5.15. The predicted molar refractivity (Wildman–Crippen MR) is 67.5 cm³/mol. The molecule has 1 atom stereocenters. The first-order valence-corrected chi connectivity index (χ1v) is 6.57. The van der Waals surface area contributed by atoms with Gasteiger partial charge < -0.3 is 4.90 Å². The minimum atomic E-state index is -0.250. The lowest BCUT2D eigenvalue weighted by Crippen LogP contribution is -2.32. The number of nitrogens with zero attached hydrogens (tertiary/aromatic N) is 4. The van der Waals surface area contributed by atoms with Crippen molar-refractivity contribution in [3.05, 3.63) is 23.8 Å². The average Bonchev–Trinajstić information content (AvgIpc) is 3.14. The second kappa shape index (κ2) is 4.03. The Morgan fingerprint density at radius 1 is 1.25 bits per heavy atom. The van der Waals surface area contributed by atoms with Crippen molar-refractivity contribution in [2.45, 2.75) is 25.4 Å². The number of imide groups is 1. The zero-order valence-electron chi connectivity index (χ0n) is 10.7. The van der Waals surface area contributed by atoms with Gasteiger partial charge >= 0.3 is 6.03 Å². The number of hydrogen-bond donors (Lipinski definition) is 0. The summed E-state index contributed by atoms with van der Waals surface area (Å²) < 4.78 is 4.64. The van der Waals surface area contributed by atoms with Crippen LogP contribution in [0.15, 0.2) is 22.8 Å². The molecule has 0 bridgehead atoms. The topological polar surface area (TPSA) is 79.5 Å². The highest BCUT2D eigenvalue weighted by Gasteiger charge is 2.47. The Morgan fingerprint density at radius 3 is 2.95 bits per heavy atom. The number of urea groups is 1. The van der Waals surface area contributed by atoms with E-state index in [1.165, 1.54) is 4.90 Å². The molecule has 0 spiro atoms. The molecule has 7 heteroatoms. The summed E-state index contributed by atoms with van der Waals surface area (Å²) in [5.74, 6) is -0.0918. The second-order valence-electron chi connectivity index (χ2n) is 5.15. The number of benzene rings is 1. The largest absolute Gasteiger partial charge is 0.327 e. The quantitative estimate of drug-likeness (QED) is 0.766. The molecule has 102 valence electrons. The Morgan fingerprint density at radius 2 is 2.10 bits per heavy atom. The van der Waals surface area contributed by atoms with E-state index in [0.717, 1.165) is 18.4 Å². The number of hydrogen-bond acceptors (Lipinski definition) is 5. The van der Waals surface area contributed by atoms with Crippen LogP contribution >= 0.6 is 0 Å². The van der Waals surface area contributed by atoms with Gasteiger partial charge in [-0.05, 0) is 40.9 Å². The molecule has 1 aromatic carbocycles. The maximum absolute atomic E-state index is 12.2. The molecular weight excluding hydrogens is 260 g/mol. The first-order chi connectivity index (χ1) is 9.74. The fourth-order valence-electron chi connectivity index (χ4n) is 2.94. The van der Waals surface area contributed by atoms with Crippen molar-refractivity contribution in [2.75, 3.05) is 6.54 Å². The third-order valence-electron chi connectivity index (χ3n) is 3.94. The first kappa shape index (κ1) is 11.4. The lowest BCUT2D eigenvalue weighted by Gasteiger charge is -2.15. The van der Waals surface area contributed by atoms with Gasteiger partial charge in [0.05, 0.1) is 6.54 Å². The third kappa shape index (κ3) is 1.52. The number of carbonyl (C=O) groups is 2. The van der Waals surface area contributed by atoms with E-state index < -0.39 is 0 Å². The maximum Gasteiger partial charge on any atom is 0.327 e. The van der Waals surface area contributed by atoms with E-state index >= 15 is 0 Å². The first-order valence-electron chi connectivity index (χ1n) is 6.57. The summed E-state index contributed by atoms with van der Waals surface area (Å²) >= 11 is 0. The highest BCUT2D eigenvalue weighted by Crippen LogP contribution is 2.28. The number of carbonyl (C=O) groups excluding carboxylic acids is 2. The van der Waals surface area contributed by atoms with Gasteiger partial charge in [-0.25, -0.2) is 9.42 Å². The summed E-state index contributed by atoms with van der Waals surface area (Å²) in [6, 6.07) is 4.95. The molecule has 0 unspecified atom stereocenters. The van der Waals surface area contributed by atoms with E-state index in [1.807, 2.05) is 6.07 Å². The van der Waals surface area contributed by atoms with Gasteiger partial charge in [-0.1, -0.05) is 6.07 Å². The number of aromatic nitrogens is 2. The molecule has 0 saturated carbocycles. The molecule has 3 heterocycles. The van der Waals surface area contributed by atoms with Gasteiger partial charge in [0.2, 0.25) is 0 Å². The molecule has 0 radical (unpaired) electrons. The van der Waals surface area contributed by atoms with Crippen molar-refractivity contribution in [1.82, 2.24) is 20.1 Å². The van der Waals surface area contributed by atoms with E-state index in [-0.39, 0.29) is 24.5 Å². The molecule has 2 aliphatic heterocycles. The fraction of sp³-hybridized carbons (Fsp3) is 0.385. The van der Waals surface area contributed by atoms with Crippen LogP contribution in [0, 0.1) is 0 Å². The lowest BCUT2D eigenvalue weighted by atomic mass is 10.1. The van der Waals surface area contributed by atoms with E-state index in [4.69, 9.17) is 0 Å². The molecule has 20 heavy (non-hydrogen) atoms. The lowest BCUT2D eigenvalue weighted by molar-refractivity contribution is -0.128. The molecule has 0 aliphatic carbocycles. The highest BCUT2D eigenvalue weighted by molar-refractivity contribution is 6.04. The van der Waals surface area contributed by atoms with Gasteiger partial charge in [-0.15, -0.1) is 0 Å². The SMILES string of the molecule is O=C1[C@@H]2CCCN2C(=O)N1Cc1ccc2nonc2c1. The zero-order valence-corrected chi connectivity index (χ0v) is 10.7. The Balaban J connectivity index is 1.62. The molecule has 1 aromatic heterocycles. The van der Waals surface area contributed by atoms with Crippen molar-refractivity contribution in [3.8, 4) is 0 Å². The van der Waals surface area contributed by atoms with Crippen LogP contribution in [-0.4, -0.2) is 44.6 Å². The van der Waals surface area contributed by atoms with Crippen molar-refractivity contribution in [3.63, 3.8) is 0 Å². The van der Waals surface area contributed by atoms with Crippen LogP contribution < -0.4 is 0 Å². The number of fused-ring (bicyclic) bond motifs is 2. The van der Waals surface area contributed by atoms with E-state index in [1.54, 1.807) is 17.0 Å². The molecule has 2 saturated heterocycles. The molecule has 2 aliphatic rings.